The molecule has 1 fully saturated rings. The fourth-order valence-corrected chi connectivity index (χ4v) is 1.43. The van der Waals surface area contributed by atoms with E-state index in [9.17, 15) is 14.7 Å². The molecule has 0 aliphatic carbocycles. The van der Waals surface area contributed by atoms with Crippen molar-refractivity contribution in [1.29, 1.82) is 0 Å². The Morgan fingerprint density at radius 3 is 1.93 bits per heavy atom. The quantitative estimate of drug-likeness (QED) is 0.535. The second-order valence-corrected chi connectivity index (χ2v) is 3.96. The van der Waals surface area contributed by atoms with E-state index in [-0.39, 0.29) is 17.7 Å². The van der Waals surface area contributed by atoms with Gasteiger partial charge in [-0.3, -0.25) is 9.59 Å². The highest BCUT2D eigenvalue weighted by Crippen LogP contribution is 2.08. The molecule has 0 saturated carbocycles. The highest BCUT2D eigenvalue weighted by Gasteiger charge is 2.37. The molecule has 0 aromatic rings. The van der Waals surface area contributed by atoms with E-state index in [0.717, 1.165) is 0 Å². The predicted octanol–water partition coefficient (Wildman–Crippen LogP) is -0.994. The van der Waals surface area contributed by atoms with E-state index in [1.54, 1.807) is 0 Å². The number of aliphatic hydroxyl groups excluding tert-OH is 1. The molecule has 0 radical (unpaired) electrons. The first-order valence-electron chi connectivity index (χ1n) is 4.72. The van der Waals surface area contributed by atoms with Crippen molar-refractivity contribution in [3.8, 4) is 0 Å². The van der Waals surface area contributed by atoms with Crippen LogP contribution in [0.1, 0.15) is 20.8 Å². The third-order valence-corrected chi connectivity index (χ3v) is 2.31. The molecule has 1 heterocycles. The molecule has 1 rings (SSSR count). The van der Waals surface area contributed by atoms with Gasteiger partial charge in [-0.25, -0.2) is 0 Å². The molecule has 0 aromatic carbocycles. The van der Waals surface area contributed by atoms with Crippen molar-refractivity contribution in [2.45, 2.75) is 39.0 Å². The normalized spacial score (nSPS) is 29.8. The summed E-state index contributed by atoms with van der Waals surface area (Å²) in [5.41, 5.74) is 0. The fraction of sp³-hybridized carbons (Fsp3) is 0.778. The molecule has 0 aromatic heterocycles. The van der Waals surface area contributed by atoms with Gasteiger partial charge in [-0.1, -0.05) is 13.8 Å². The van der Waals surface area contributed by atoms with Crippen LogP contribution in [0.5, 0.6) is 0 Å². The summed E-state index contributed by atoms with van der Waals surface area (Å²) in [5, 5.41) is 14.3. The summed E-state index contributed by atoms with van der Waals surface area (Å²) in [7, 11) is 0. The SMILES string of the molecule is CC(C)[C@@H]1NC(=O)[C@H]([C@@H](C)O)NC1=O. The van der Waals surface area contributed by atoms with E-state index in [4.69, 9.17) is 0 Å². The summed E-state index contributed by atoms with van der Waals surface area (Å²) in [5.74, 6) is -0.502. The van der Waals surface area contributed by atoms with Crippen LogP contribution in [0.15, 0.2) is 0 Å². The first kappa shape index (κ1) is 11.0. The van der Waals surface area contributed by atoms with Crippen LogP contribution in [0.3, 0.4) is 0 Å². The van der Waals surface area contributed by atoms with Gasteiger partial charge in [-0.05, 0) is 12.8 Å². The molecule has 1 aliphatic rings. The number of piperazine rings is 1. The molecule has 2 amide bonds. The molecule has 0 spiro atoms. The maximum absolute atomic E-state index is 11.5. The molecule has 80 valence electrons. The molecule has 5 nitrogen and oxygen atoms in total. The summed E-state index contributed by atoms with van der Waals surface area (Å²) in [4.78, 5) is 22.9. The van der Waals surface area contributed by atoms with Gasteiger partial charge in [-0.2, -0.15) is 0 Å². The van der Waals surface area contributed by atoms with Crippen molar-refractivity contribution in [2.24, 2.45) is 5.92 Å². The number of rotatable bonds is 2. The lowest BCUT2D eigenvalue weighted by molar-refractivity contribution is -0.140. The summed E-state index contributed by atoms with van der Waals surface area (Å²) in [6.45, 7) is 5.18. The van der Waals surface area contributed by atoms with Gasteiger partial charge in [0.15, 0.2) is 0 Å². The van der Waals surface area contributed by atoms with Gasteiger partial charge in [0.2, 0.25) is 11.8 Å². The number of nitrogens with one attached hydrogen (secondary N) is 2. The average Bonchev–Trinajstić information content (AvgIpc) is 2.07. The van der Waals surface area contributed by atoms with Crippen LogP contribution in [0, 0.1) is 5.92 Å². The van der Waals surface area contributed by atoms with Crippen LogP contribution in [0.2, 0.25) is 0 Å². The van der Waals surface area contributed by atoms with Gasteiger partial charge in [0.05, 0.1) is 6.10 Å². The van der Waals surface area contributed by atoms with Crippen LogP contribution in [0.25, 0.3) is 0 Å². The minimum atomic E-state index is -0.868. The Balaban J connectivity index is 2.72. The largest absolute Gasteiger partial charge is 0.391 e. The average molecular weight is 200 g/mol. The summed E-state index contributed by atoms with van der Waals surface area (Å²) >= 11 is 0. The molecule has 3 N–H and O–H groups in total. The number of hydrogen-bond donors (Lipinski definition) is 3. The molecule has 14 heavy (non-hydrogen) atoms. The van der Waals surface area contributed by atoms with Crippen molar-refractivity contribution in [3.05, 3.63) is 0 Å². The van der Waals surface area contributed by atoms with Crippen molar-refractivity contribution < 1.29 is 14.7 Å². The van der Waals surface area contributed by atoms with Crippen LogP contribution in [-0.2, 0) is 9.59 Å². The number of carbonyl (C=O) groups is 2. The summed E-state index contributed by atoms with van der Waals surface area (Å²) < 4.78 is 0. The Bertz CT molecular complexity index is 224. The zero-order chi connectivity index (χ0) is 10.9. The van der Waals surface area contributed by atoms with Gasteiger partial charge in [0, 0.05) is 0 Å². The molecule has 1 aliphatic heterocycles. The first-order chi connectivity index (χ1) is 6.43. The zero-order valence-electron chi connectivity index (χ0n) is 8.57. The van der Waals surface area contributed by atoms with Crippen LogP contribution in [-0.4, -0.2) is 35.1 Å². The van der Waals surface area contributed by atoms with Crippen molar-refractivity contribution >= 4 is 11.8 Å². The monoisotopic (exact) mass is 200 g/mol. The minimum absolute atomic E-state index is 0.0499. The minimum Gasteiger partial charge on any atom is -0.391 e. The Morgan fingerprint density at radius 1 is 1.07 bits per heavy atom. The topological polar surface area (TPSA) is 78.4 Å². The lowest BCUT2D eigenvalue weighted by atomic mass is 9.98. The number of amides is 2. The number of hydrogen-bond acceptors (Lipinski definition) is 3. The molecule has 1 saturated heterocycles. The second kappa shape index (κ2) is 3.96. The predicted molar refractivity (Wildman–Crippen MR) is 50.4 cm³/mol. The Morgan fingerprint density at radius 2 is 1.50 bits per heavy atom. The Labute approximate surface area is 82.9 Å². The summed E-state index contributed by atoms with van der Waals surface area (Å²) in [6.07, 6.45) is -0.868. The zero-order valence-corrected chi connectivity index (χ0v) is 8.57. The van der Waals surface area contributed by atoms with Crippen LogP contribution in [0.4, 0.5) is 0 Å². The van der Waals surface area contributed by atoms with Crippen molar-refractivity contribution in [2.75, 3.05) is 0 Å². The van der Waals surface area contributed by atoms with Crippen LogP contribution < -0.4 is 10.6 Å². The van der Waals surface area contributed by atoms with E-state index in [1.807, 2.05) is 13.8 Å². The highest BCUT2D eigenvalue weighted by molar-refractivity contribution is 5.97. The fourth-order valence-electron chi connectivity index (χ4n) is 1.43. The van der Waals surface area contributed by atoms with E-state index in [1.165, 1.54) is 6.92 Å². The Hall–Kier alpha value is -1.10. The first-order valence-corrected chi connectivity index (χ1v) is 4.72. The third-order valence-electron chi connectivity index (χ3n) is 2.31. The van der Waals surface area contributed by atoms with Crippen LogP contribution >= 0.6 is 0 Å². The maximum atomic E-state index is 11.5. The van der Waals surface area contributed by atoms with Gasteiger partial charge in [0.1, 0.15) is 12.1 Å². The number of carbonyl (C=O) groups excluding carboxylic acids is 2. The smallest absolute Gasteiger partial charge is 0.245 e. The molecule has 5 heteroatoms. The Kier molecular flexibility index (Phi) is 3.10. The van der Waals surface area contributed by atoms with E-state index >= 15 is 0 Å². The molecule has 0 bridgehead atoms. The summed E-state index contributed by atoms with van der Waals surface area (Å²) in [6, 6.07) is -1.31. The third kappa shape index (κ3) is 2.04. The molecule has 3 atom stereocenters. The highest BCUT2D eigenvalue weighted by atomic mass is 16.3. The molecular formula is C9H16N2O3. The van der Waals surface area contributed by atoms with Gasteiger partial charge in [-0.15, -0.1) is 0 Å². The van der Waals surface area contributed by atoms with Gasteiger partial charge < -0.3 is 15.7 Å². The molecular weight excluding hydrogens is 184 g/mol. The van der Waals surface area contributed by atoms with E-state index in [0.29, 0.717) is 0 Å². The van der Waals surface area contributed by atoms with Crippen molar-refractivity contribution in [3.63, 3.8) is 0 Å². The standard InChI is InChI=1S/C9H16N2O3/c1-4(2)6-8(13)11-7(5(3)12)9(14)10-6/h4-7,12H,1-3H3,(H,10,14)(H,11,13)/t5-,6+,7+/m1/s1. The lowest BCUT2D eigenvalue weighted by Gasteiger charge is -2.32. The van der Waals surface area contributed by atoms with Gasteiger partial charge >= 0.3 is 0 Å². The lowest BCUT2D eigenvalue weighted by Crippen LogP contribution is -2.65. The van der Waals surface area contributed by atoms with E-state index in [2.05, 4.69) is 10.6 Å². The second-order valence-electron chi connectivity index (χ2n) is 3.96. The van der Waals surface area contributed by atoms with E-state index < -0.39 is 18.2 Å². The molecule has 0 unspecified atom stereocenters. The number of aliphatic hydroxyl groups is 1. The maximum Gasteiger partial charge on any atom is 0.245 e. The van der Waals surface area contributed by atoms with Crippen molar-refractivity contribution in [1.82, 2.24) is 10.6 Å². The van der Waals surface area contributed by atoms with Gasteiger partial charge in [0.25, 0.3) is 0 Å².